The summed E-state index contributed by atoms with van der Waals surface area (Å²) < 4.78 is 59.5. The van der Waals surface area contributed by atoms with E-state index in [-0.39, 0.29) is 11.3 Å². The van der Waals surface area contributed by atoms with Crippen LogP contribution in [0.4, 0.5) is 23.2 Å². The maximum absolute atomic E-state index is 14.0. The third-order valence-corrected chi connectivity index (χ3v) is 3.66. The fourth-order valence-corrected chi connectivity index (χ4v) is 2.59. The molecule has 0 aliphatic carbocycles. The van der Waals surface area contributed by atoms with Gasteiger partial charge >= 0.3 is 12.0 Å². The molecule has 132 valence electrons. The van der Waals surface area contributed by atoms with Crippen molar-refractivity contribution in [3.63, 3.8) is 0 Å². The molecular weight excluding hydrogens is 344 g/mol. The van der Waals surface area contributed by atoms with Crippen molar-refractivity contribution in [2.45, 2.75) is 25.7 Å². The molecule has 1 amide bonds. The number of anilines is 1. The van der Waals surface area contributed by atoms with Gasteiger partial charge < -0.3 is 9.84 Å². The number of hydrogen-bond acceptors (Lipinski definition) is 4. The number of fused-ring (bicyclic) bond motifs is 1. The summed E-state index contributed by atoms with van der Waals surface area (Å²) in [5.74, 6) is -3.98. The molecule has 2 heterocycles. The zero-order valence-electron chi connectivity index (χ0n) is 12.8. The number of carbonyl (C=O) groups is 1. The zero-order valence-corrected chi connectivity index (χ0v) is 12.8. The van der Waals surface area contributed by atoms with Crippen LogP contribution in [0.5, 0.6) is 5.75 Å². The molecule has 0 saturated heterocycles. The molecule has 1 aromatic heterocycles. The third-order valence-electron chi connectivity index (χ3n) is 3.66. The van der Waals surface area contributed by atoms with E-state index in [1.54, 1.807) is 0 Å². The van der Waals surface area contributed by atoms with Gasteiger partial charge in [-0.25, -0.2) is 8.78 Å². The first-order valence-electron chi connectivity index (χ1n) is 7.19. The lowest BCUT2D eigenvalue weighted by atomic mass is 10.0. The maximum Gasteiger partial charge on any atom is 0.483 e. The number of aliphatic hydroxyl groups excluding tert-OH is 1. The molecule has 3 rings (SSSR count). The van der Waals surface area contributed by atoms with Gasteiger partial charge in [0.25, 0.3) is 0 Å². The van der Waals surface area contributed by atoms with Crippen molar-refractivity contribution in [1.29, 1.82) is 0 Å². The average Bonchev–Trinajstić information content (AvgIpc) is 2.51. The second kappa shape index (κ2) is 5.99. The quantitative estimate of drug-likeness (QED) is 0.859. The Hall–Kier alpha value is -2.68. The molecule has 1 aromatic carbocycles. The highest BCUT2D eigenvalue weighted by Gasteiger charge is 2.51. The van der Waals surface area contributed by atoms with Crippen molar-refractivity contribution in [2.75, 3.05) is 4.90 Å². The van der Waals surface area contributed by atoms with Crippen LogP contribution in [-0.4, -0.2) is 22.1 Å². The first-order chi connectivity index (χ1) is 11.7. The van der Waals surface area contributed by atoms with Gasteiger partial charge in [0.05, 0.1) is 30.1 Å². The maximum atomic E-state index is 14.0. The molecular formula is C16H12F4N2O3. The number of aliphatic hydroxyl groups is 1. The van der Waals surface area contributed by atoms with E-state index in [0.717, 1.165) is 24.4 Å². The Labute approximate surface area is 139 Å². The van der Waals surface area contributed by atoms with Crippen molar-refractivity contribution in [3.05, 3.63) is 53.4 Å². The van der Waals surface area contributed by atoms with E-state index in [1.165, 1.54) is 13.1 Å². The Balaban J connectivity index is 2.13. The predicted molar refractivity (Wildman–Crippen MR) is 78.0 cm³/mol. The monoisotopic (exact) mass is 356 g/mol. The summed E-state index contributed by atoms with van der Waals surface area (Å²) in [5, 5.41) is 9.68. The molecule has 0 spiro atoms. The number of aromatic nitrogens is 1. The third kappa shape index (κ3) is 3.02. The van der Waals surface area contributed by atoms with E-state index in [4.69, 9.17) is 0 Å². The van der Waals surface area contributed by atoms with Crippen LogP contribution in [0.3, 0.4) is 0 Å². The van der Waals surface area contributed by atoms with Crippen LogP contribution >= 0.6 is 0 Å². The largest absolute Gasteiger partial charge is 0.483 e. The van der Waals surface area contributed by atoms with Gasteiger partial charge in [-0.2, -0.15) is 8.78 Å². The summed E-state index contributed by atoms with van der Waals surface area (Å²) in [6, 6.07) is 3.04. The summed E-state index contributed by atoms with van der Waals surface area (Å²) in [6.45, 7) is 0.748. The lowest BCUT2D eigenvalue weighted by molar-refractivity contribution is -0.193. The average molecular weight is 356 g/mol. The molecule has 1 unspecified atom stereocenters. The fraction of sp³-hybridized carbons (Fsp3) is 0.250. The Morgan fingerprint density at radius 1 is 1.32 bits per heavy atom. The Morgan fingerprint density at radius 3 is 2.68 bits per heavy atom. The van der Waals surface area contributed by atoms with Gasteiger partial charge in [0.1, 0.15) is 11.6 Å². The van der Waals surface area contributed by atoms with Gasteiger partial charge in [0.15, 0.2) is 5.75 Å². The molecule has 1 N–H and O–H groups in total. The van der Waals surface area contributed by atoms with E-state index in [2.05, 4.69) is 9.72 Å². The number of hydrogen-bond donors (Lipinski definition) is 1. The van der Waals surface area contributed by atoms with Crippen LogP contribution in [0.2, 0.25) is 0 Å². The molecule has 0 radical (unpaired) electrons. The van der Waals surface area contributed by atoms with E-state index >= 15 is 0 Å². The zero-order chi connectivity index (χ0) is 18.4. The summed E-state index contributed by atoms with van der Waals surface area (Å²) in [5.41, 5.74) is -0.496. The number of pyridine rings is 1. The van der Waals surface area contributed by atoms with Crippen LogP contribution in [0.25, 0.3) is 0 Å². The number of halogens is 4. The number of rotatable bonds is 3. The molecule has 1 aliphatic heterocycles. The van der Waals surface area contributed by atoms with Crippen molar-refractivity contribution < 1.29 is 32.2 Å². The van der Waals surface area contributed by atoms with E-state index in [9.17, 15) is 27.5 Å². The Kier molecular flexibility index (Phi) is 4.11. The minimum Gasteiger partial charge on any atom is -0.422 e. The summed E-state index contributed by atoms with van der Waals surface area (Å²) in [7, 11) is 0. The molecule has 0 saturated carbocycles. The van der Waals surface area contributed by atoms with Crippen molar-refractivity contribution in [3.8, 4) is 5.75 Å². The smallest absolute Gasteiger partial charge is 0.422 e. The fourth-order valence-electron chi connectivity index (χ4n) is 2.59. The molecule has 9 heteroatoms. The molecule has 2 aromatic rings. The standard InChI is InChI=1S/C16H12F4N2O3/c1-8(23)13-11(18)2-3-12-14(13)25-16(19,20)15(24)22(12)7-9-4-10(17)6-21-5-9/h2-6,8,23H,7H2,1H3. The van der Waals surface area contributed by atoms with Gasteiger partial charge in [-0.05, 0) is 30.7 Å². The normalized spacial score (nSPS) is 17.0. The minimum atomic E-state index is -4.26. The van der Waals surface area contributed by atoms with Crippen LogP contribution in [-0.2, 0) is 11.3 Å². The van der Waals surface area contributed by atoms with Crippen molar-refractivity contribution >= 4 is 11.6 Å². The summed E-state index contributed by atoms with van der Waals surface area (Å²) >= 11 is 0. The highest BCUT2D eigenvalue weighted by molar-refractivity contribution is 6.01. The van der Waals surface area contributed by atoms with Gasteiger partial charge in [-0.1, -0.05) is 0 Å². The Morgan fingerprint density at radius 2 is 2.04 bits per heavy atom. The lowest BCUT2D eigenvalue weighted by Gasteiger charge is -2.35. The number of ether oxygens (including phenoxy) is 1. The van der Waals surface area contributed by atoms with Crippen LogP contribution in [0.15, 0.2) is 30.6 Å². The molecule has 0 bridgehead atoms. The number of alkyl halides is 2. The van der Waals surface area contributed by atoms with E-state index in [1.807, 2.05) is 0 Å². The van der Waals surface area contributed by atoms with Crippen molar-refractivity contribution in [1.82, 2.24) is 4.98 Å². The van der Waals surface area contributed by atoms with Gasteiger partial charge in [0, 0.05) is 6.20 Å². The summed E-state index contributed by atoms with van der Waals surface area (Å²) in [6.07, 6.45) is -3.57. The molecule has 25 heavy (non-hydrogen) atoms. The van der Waals surface area contributed by atoms with Crippen molar-refractivity contribution in [2.24, 2.45) is 0 Å². The topological polar surface area (TPSA) is 62.7 Å². The first-order valence-corrected chi connectivity index (χ1v) is 7.19. The SMILES string of the molecule is CC(O)c1c(F)ccc2c1OC(F)(F)C(=O)N2Cc1cncc(F)c1. The second-order valence-corrected chi connectivity index (χ2v) is 5.51. The van der Waals surface area contributed by atoms with E-state index < -0.39 is 47.6 Å². The number of nitrogens with zero attached hydrogens (tertiary/aromatic N) is 2. The molecule has 1 atom stereocenters. The predicted octanol–water partition coefficient (Wildman–Crippen LogP) is 2.93. The van der Waals surface area contributed by atoms with Crippen LogP contribution in [0, 0.1) is 11.6 Å². The number of carbonyl (C=O) groups excluding carboxylic acids is 1. The molecule has 5 nitrogen and oxygen atoms in total. The summed E-state index contributed by atoms with van der Waals surface area (Å²) in [4.78, 5) is 16.3. The van der Waals surface area contributed by atoms with Crippen LogP contribution in [0.1, 0.15) is 24.2 Å². The van der Waals surface area contributed by atoms with E-state index in [0.29, 0.717) is 4.90 Å². The molecule has 1 aliphatic rings. The van der Waals surface area contributed by atoms with Crippen LogP contribution < -0.4 is 9.64 Å². The van der Waals surface area contributed by atoms with Gasteiger partial charge in [-0.15, -0.1) is 0 Å². The van der Waals surface area contributed by atoms with Gasteiger partial charge in [0.2, 0.25) is 0 Å². The van der Waals surface area contributed by atoms with Gasteiger partial charge in [-0.3, -0.25) is 14.7 Å². The number of benzene rings is 1. The number of amides is 1. The molecule has 0 fully saturated rings. The first kappa shape index (κ1) is 17.2. The second-order valence-electron chi connectivity index (χ2n) is 5.51. The highest BCUT2D eigenvalue weighted by Crippen LogP contribution is 2.45. The lowest BCUT2D eigenvalue weighted by Crippen LogP contribution is -2.50. The minimum absolute atomic E-state index is 0.153. The highest BCUT2D eigenvalue weighted by atomic mass is 19.3. The Bertz CT molecular complexity index is 842.